The van der Waals surface area contributed by atoms with E-state index in [9.17, 15) is 4.79 Å². The van der Waals surface area contributed by atoms with E-state index in [2.05, 4.69) is 36.0 Å². The maximum absolute atomic E-state index is 12.1. The molecule has 0 aromatic carbocycles. The molecule has 0 aliphatic rings. The molecule has 0 atom stereocenters. The second-order valence-corrected chi connectivity index (χ2v) is 9.10. The number of aromatic nitrogens is 1. The van der Waals surface area contributed by atoms with Gasteiger partial charge in [0.05, 0.1) is 0 Å². The quantitative estimate of drug-likeness (QED) is 0.663. The van der Waals surface area contributed by atoms with Crippen LogP contribution in [0.4, 0.5) is 0 Å². The van der Waals surface area contributed by atoms with Crippen molar-refractivity contribution in [3.8, 4) is 0 Å². The summed E-state index contributed by atoms with van der Waals surface area (Å²) in [5, 5.41) is 2.97. The fraction of sp³-hybridized carbons (Fsp3) is 0.600. The Bertz CT molecular complexity index is 408. The molecule has 0 aliphatic heterocycles. The van der Waals surface area contributed by atoms with Gasteiger partial charge in [-0.15, -0.1) is 0 Å². The second kappa shape index (κ2) is 10.2. The molecule has 2 radical (unpaired) electrons. The van der Waals surface area contributed by atoms with E-state index in [1.807, 2.05) is 12.3 Å². The molecule has 0 fully saturated rings. The van der Waals surface area contributed by atoms with Gasteiger partial charge >= 0.3 is 132 Å². The molecule has 20 heavy (non-hydrogen) atoms. The number of amides is 1. The predicted octanol–water partition coefficient (Wildman–Crippen LogP) is 1.80. The van der Waals surface area contributed by atoms with Crippen LogP contribution in [0.25, 0.3) is 0 Å². The van der Waals surface area contributed by atoms with Gasteiger partial charge in [0, 0.05) is 0 Å². The first kappa shape index (κ1) is 17.4. The van der Waals surface area contributed by atoms with E-state index in [0.717, 1.165) is 24.1 Å². The fourth-order valence-corrected chi connectivity index (χ4v) is 4.04. The number of pyridine rings is 1. The van der Waals surface area contributed by atoms with E-state index >= 15 is 0 Å². The summed E-state index contributed by atoms with van der Waals surface area (Å²) in [6, 6.07) is 2.00. The molecular formula is C15H25N3OSn. The Morgan fingerprint density at radius 3 is 2.70 bits per heavy atom. The Kier molecular flexibility index (Phi) is 8.85. The Morgan fingerprint density at radius 1 is 1.30 bits per heavy atom. The second-order valence-electron chi connectivity index (χ2n) is 4.64. The number of hydrogen-bond donors (Lipinski definition) is 1. The first-order valence-corrected chi connectivity index (χ1v) is 11.4. The van der Waals surface area contributed by atoms with Gasteiger partial charge in [-0.2, -0.15) is 0 Å². The van der Waals surface area contributed by atoms with Crippen molar-refractivity contribution in [1.82, 2.24) is 15.2 Å². The molecule has 5 heteroatoms. The third-order valence-corrected chi connectivity index (χ3v) is 6.55. The van der Waals surface area contributed by atoms with Crippen LogP contribution in [0.1, 0.15) is 36.7 Å². The average molecular weight is 382 g/mol. The molecule has 0 saturated carbocycles. The van der Waals surface area contributed by atoms with Crippen LogP contribution >= 0.6 is 0 Å². The first-order chi connectivity index (χ1) is 9.71. The first-order valence-electron chi connectivity index (χ1n) is 7.36. The van der Waals surface area contributed by atoms with E-state index in [0.29, 0.717) is 12.1 Å². The average Bonchev–Trinajstić information content (AvgIpc) is 2.49. The summed E-state index contributed by atoms with van der Waals surface area (Å²) in [6.45, 7) is 10.1. The topological polar surface area (TPSA) is 45.2 Å². The Balaban J connectivity index is 2.46. The zero-order valence-corrected chi connectivity index (χ0v) is 15.6. The zero-order chi connectivity index (χ0) is 14.8. The molecule has 0 bridgehead atoms. The molecule has 1 amide bonds. The van der Waals surface area contributed by atoms with Crippen molar-refractivity contribution in [3.05, 3.63) is 29.6 Å². The summed E-state index contributed by atoms with van der Waals surface area (Å²) < 4.78 is 2.48. The van der Waals surface area contributed by atoms with Crippen LogP contribution in [-0.2, 0) is 4.44 Å². The van der Waals surface area contributed by atoms with E-state index < -0.39 is 0 Å². The van der Waals surface area contributed by atoms with Crippen LogP contribution < -0.4 is 5.32 Å². The van der Waals surface area contributed by atoms with Crippen LogP contribution in [0.5, 0.6) is 0 Å². The molecular weight excluding hydrogens is 357 g/mol. The van der Waals surface area contributed by atoms with Crippen molar-refractivity contribution < 1.29 is 4.79 Å². The van der Waals surface area contributed by atoms with Gasteiger partial charge in [-0.05, 0) is 0 Å². The van der Waals surface area contributed by atoms with Crippen molar-refractivity contribution >= 4 is 27.0 Å². The third-order valence-electron chi connectivity index (χ3n) is 3.24. The monoisotopic (exact) mass is 383 g/mol. The van der Waals surface area contributed by atoms with Crippen LogP contribution in [0.15, 0.2) is 18.5 Å². The Labute approximate surface area is 132 Å². The van der Waals surface area contributed by atoms with Crippen molar-refractivity contribution in [2.45, 2.75) is 29.6 Å². The van der Waals surface area contributed by atoms with Gasteiger partial charge in [0.25, 0.3) is 0 Å². The number of hydrogen-bond acceptors (Lipinski definition) is 3. The summed E-state index contributed by atoms with van der Waals surface area (Å²) in [7, 11) is 0. The molecule has 0 unspecified atom stereocenters. The maximum atomic E-state index is 12.1. The van der Waals surface area contributed by atoms with Gasteiger partial charge in [-0.1, -0.05) is 0 Å². The molecule has 4 nitrogen and oxygen atoms in total. The van der Waals surface area contributed by atoms with Gasteiger partial charge in [0.2, 0.25) is 0 Å². The molecule has 110 valence electrons. The zero-order valence-electron chi connectivity index (χ0n) is 12.8. The summed E-state index contributed by atoms with van der Waals surface area (Å²) in [4.78, 5) is 18.6. The molecule has 1 aromatic rings. The summed E-state index contributed by atoms with van der Waals surface area (Å²) in [6.07, 6.45) is 3.55. The molecule has 1 rings (SSSR count). The van der Waals surface area contributed by atoms with Gasteiger partial charge in [0.1, 0.15) is 0 Å². The van der Waals surface area contributed by atoms with Gasteiger partial charge < -0.3 is 0 Å². The van der Waals surface area contributed by atoms with Crippen LogP contribution in [0.3, 0.4) is 0 Å². The van der Waals surface area contributed by atoms with E-state index in [1.165, 1.54) is 10.0 Å². The van der Waals surface area contributed by atoms with Crippen LogP contribution in [-0.4, -0.2) is 63.1 Å². The number of likely N-dealkylation sites (N-methyl/N-ethyl adjacent to an activating group) is 1. The Morgan fingerprint density at radius 2 is 2.05 bits per heavy atom. The van der Waals surface area contributed by atoms with E-state index in [-0.39, 0.29) is 27.0 Å². The molecule has 1 aromatic heterocycles. The molecule has 1 heterocycles. The van der Waals surface area contributed by atoms with Gasteiger partial charge in [0.15, 0.2) is 0 Å². The van der Waals surface area contributed by atoms with Crippen molar-refractivity contribution in [1.29, 1.82) is 0 Å². The van der Waals surface area contributed by atoms with E-state index in [1.54, 1.807) is 6.20 Å². The number of nitrogens with zero attached hydrogens (tertiary/aromatic N) is 2. The minimum absolute atomic E-state index is 0.00611. The van der Waals surface area contributed by atoms with Crippen LogP contribution in [0.2, 0.25) is 4.44 Å². The number of nitrogens with one attached hydrogen (secondary N) is 1. The molecule has 0 spiro atoms. The Hall–Kier alpha value is -0.621. The summed E-state index contributed by atoms with van der Waals surface area (Å²) in [5.74, 6) is -0.00611. The van der Waals surface area contributed by atoms with Gasteiger partial charge in [-0.3, -0.25) is 0 Å². The summed E-state index contributed by atoms with van der Waals surface area (Å²) in [5.41, 5.74) is 1.91. The number of carbonyl (C=O) groups is 1. The normalized spacial score (nSPS) is 10.8. The third kappa shape index (κ3) is 6.22. The predicted molar refractivity (Wildman–Crippen MR) is 84.3 cm³/mol. The SMILES string of the molecule is C[CH2][Sn][CH2]c1cncc(C(=O)NCCN(CC)CC)c1. The van der Waals surface area contributed by atoms with Crippen molar-refractivity contribution in [2.75, 3.05) is 26.2 Å². The van der Waals surface area contributed by atoms with Crippen LogP contribution in [0, 0.1) is 0 Å². The van der Waals surface area contributed by atoms with Crippen molar-refractivity contribution in [3.63, 3.8) is 0 Å². The standard InChI is InChI=1S/C13H20N3O.C2H5.Sn/c1-4-16(5-2)7-6-15-13(17)12-8-11(3)9-14-10-12;1-2;/h8-10H,3-7H2,1-2H3,(H,15,17);1H2,2H3;. The minimum atomic E-state index is -0.289. The van der Waals surface area contributed by atoms with Gasteiger partial charge in [-0.25, -0.2) is 0 Å². The molecule has 0 saturated heterocycles. The number of carbonyl (C=O) groups excluding carboxylic acids is 1. The van der Waals surface area contributed by atoms with Crippen molar-refractivity contribution in [2.24, 2.45) is 0 Å². The molecule has 1 N–H and O–H groups in total. The summed E-state index contributed by atoms with van der Waals surface area (Å²) >= 11 is -0.289. The molecule has 0 aliphatic carbocycles. The number of rotatable bonds is 9. The fourth-order valence-electron chi connectivity index (χ4n) is 1.95. The van der Waals surface area contributed by atoms with E-state index in [4.69, 9.17) is 0 Å².